The van der Waals surface area contributed by atoms with Gasteiger partial charge in [-0.05, 0) is 24.3 Å². The number of rotatable bonds is 7. The van der Waals surface area contributed by atoms with Gasteiger partial charge in [0.05, 0.1) is 45.7 Å². The Morgan fingerprint density at radius 3 is 2.32 bits per heavy atom. The molecule has 1 aliphatic rings. The van der Waals surface area contributed by atoms with Crippen molar-refractivity contribution >= 4 is 5.91 Å². The maximum absolute atomic E-state index is 12.8. The van der Waals surface area contributed by atoms with E-state index >= 15 is 0 Å². The zero-order valence-electron chi connectivity index (χ0n) is 18.5. The second-order valence-corrected chi connectivity index (χ2v) is 7.41. The molecule has 9 nitrogen and oxygen atoms in total. The Balaban J connectivity index is 1.42. The molecule has 0 atom stereocenters. The van der Waals surface area contributed by atoms with Gasteiger partial charge in [0.1, 0.15) is 11.8 Å². The summed E-state index contributed by atoms with van der Waals surface area (Å²) >= 11 is 0. The zero-order valence-corrected chi connectivity index (χ0v) is 18.5. The summed E-state index contributed by atoms with van der Waals surface area (Å²) < 4.78 is 60.0. The highest BCUT2D eigenvalue weighted by Crippen LogP contribution is 2.41. The molecule has 1 aliphatic heterocycles. The lowest BCUT2D eigenvalue weighted by atomic mass is 10.1. The van der Waals surface area contributed by atoms with Gasteiger partial charge in [0.15, 0.2) is 11.5 Å². The zero-order chi connectivity index (χ0) is 24.5. The number of amides is 1. The van der Waals surface area contributed by atoms with Crippen LogP contribution in [0.4, 0.5) is 13.2 Å². The van der Waals surface area contributed by atoms with Gasteiger partial charge in [0.2, 0.25) is 11.6 Å². The van der Waals surface area contributed by atoms with Gasteiger partial charge < -0.3 is 23.8 Å². The molecule has 12 heteroatoms. The molecule has 0 bridgehead atoms. The molecule has 4 rings (SSSR count). The fourth-order valence-corrected chi connectivity index (χ4v) is 3.48. The van der Waals surface area contributed by atoms with Crippen molar-refractivity contribution in [2.75, 3.05) is 34.4 Å². The fraction of sp³-hybridized carbons (Fsp3) is 0.318. The van der Waals surface area contributed by atoms with Crippen LogP contribution in [0.5, 0.6) is 23.1 Å². The number of benzene rings is 1. The van der Waals surface area contributed by atoms with E-state index in [1.807, 2.05) is 0 Å². The smallest absolute Gasteiger partial charge is 0.416 e. The monoisotopic (exact) mass is 478 g/mol. The van der Waals surface area contributed by atoms with Crippen molar-refractivity contribution in [3.05, 3.63) is 47.8 Å². The first-order valence-corrected chi connectivity index (χ1v) is 10.1. The summed E-state index contributed by atoms with van der Waals surface area (Å²) in [5, 5.41) is 6.91. The van der Waals surface area contributed by atoms with Crippen LogP contribution in [-0.4, -0.2) is 66.5 Å². The summed E-state index contributed by atoms with van der Waals surface area (Å²) in [7, 11) is 4.49. The Kier molecular flexibility index (Phi) is 6.22. The van der Waals surface area contributed by atoms with Crippen LogP contribution in [0.25, 0.3) is 11.3 Å². The van der Waals surface area contributed by atoms with E-state index in [0.717, 1.165) is 18.3 Å². The van der Waals surface area contributed by atoms with Crippen molar-refractivity contribution in [2.24, 2.45) is 0 Å². The van der Waals surface area contributed by atoms with Crippen LogP contribution in [0.3, 0.4) is 0 Å². The highest BCUT2D eigenvalue weighted by atomic mass is 19.4. The van der Waals surface area contributed by atoms with Crippen molar-refractivity contribution in [3.8, 4) is 34.4 Å². The van der Waals surface area contributed by atoms with E-state index in [4.69, 9.17) is 18.9 Å². The predicted octanol–water partition coefficient (Wildman–Crippen LogP) is 3.42. The first kappa shape index (κ1) is 23.2. The molecule has 1 aromatic carbocycles. The van der Waals surface area contributed by atoms with Gasteiger partial charge in [-0.1, -0.05) is 0 Å². The molecule has 2 aromatic heterocycles. The average molecular weight is 478 g/mol. The van der Waals surface area contributed by atoms with E-state index < -0.39 is 17.8 Å². The van der Waals surface area contributed by atoms with Gasteiger partial charge in [-0.2, -0.15) is 18.3 Å². The molecule has 3 heterocycles. The van der Waals surface area contributed by atoms with Crippen molar-refractivity contribution < 1.29 is 36.9 Å². The Bertz CT molecular complexity index is 1170. The number of aromatic amines is 1. The number of alkyl halides is 3. The van der Waals surface area contributed by atoms with Crippen LogP contribution in [0, 0.1) is 0 Å². The second kappa shape index (κ2) is 9.12. The number of aromatic nitrogens is 3. The molecule has 1 N–H and O–H groups in total. The van der Waals surface area contributed by atoms with E-state index in [1.165, 1.54) is 26.2 Å². The molecule has 3 aromatic rings. The number of nitrogens with zero attached hydrogens (tertiary/aromatic N) is 3. The number of pyridine rings is 1. The topological polar surface area (TPSA) is 98.8 Å². The Hall–Kier alpha value is -3.96. The Morgan fingerprint density at radius 2 is 1.74 bits per heavy atom. The van der Waals surface area contributed by atoms with Crippen molar-refractivity contribution in [2.45, 2.75) is 12.3 Å². The number of likely N-dealkylation sites (tertiary alicyclic amines) is 1. The molecule has 180 valence electrons. The van der Waals surface area contributed by atoms with Gasteiger partial charge in [-0.25, -0.2) is 4.98 Å². The highest BCUT2D eigenvalue weighted by Gasteiger charge is 2.35. The van der Waals surface area contributed by atoms with E-state index in [0.29, 0.717) is 28.5 Å². The van der Waals surface area contributed by atoms with Crippen LogP contribution < -0.4 is 18.9 Å². The van der Waals surface area contributed by atoms with Crippen molar-refractivity contribution in [3.63, 3.8) is 0 Å². The van der Waals surface area contributed by atoms with Crippen molar-refractivity contribution in [1.29, 1.82) is 0 Å². The second-order valence-electron chi connectivity index (χ2n) is 7.41. The SMILES string of the molecule is COc1cc(-c2cc(C(=O)N3CC(Oc4cc(C(F)(F)F)ccn4)C3)[nH]n2)cc(OC)c1OC. The first-order chi connectivity index (χ1) is 16.2. The summed E-state index contributed by atoms with van der Waals surface area (Å²) in [6.45, 7) is 0.407. The normalized spacial score (nSPS) is 13.9. The van der Waals surface area contributed by atoms with Crippen LogP contribution in [0.1, 0.15) is 16.1 Å². The quantitative estimate of drug-likeness (QED) is 0.556. The standard InChI is InChI=1S/C22H21F3N4O5/c1-31-17-6-12(7-18(32-2)20(17)33-3)15-9-16(28-27-15)21(30)29-10-14(11-29)34-19-8-13(4-5-26-19)22(23,24)25/h4-9,14H,10-11H2,1-3H3,(H,27,28). The summed E-state index contributed by atoms with van der Waals surface area (Å²) in [5.74, 6) is 0.862. The summed E-state index contributed by atoms with van der Waals surface area (Å²) in [6.07, 6.45) is -3.91. The molecular formula is C22H21F3N4O5. The summed E-state index contributed by atoms with van der Waals surface area (Å²) in [6, 6.07) is 6.71. The number of nitrogens with one attached hydrogen (secondary N) is 1. The Labute approximate surface area is 192 Å². The maximum Gasteiger partial charge on any atom is 0.416 e. The van der Waals surface area contributed by atoms with E-state index in [1.54, 1.807) is 18.2 Å². The van der Waals surface area contributed by atoms with Gasteiger partial charge in [0.25, 0.3) is 5.91 Å². The third-order valence-electron chi connectivity index (χ3n) is 5.25. The largest absolute Gasteiger partial charge is 0.493 e. The van der Waals surface area contributed by atoms with E-state index in [9.17, 15) is 18.0 Å². The van der Waals surface area contributed by atoms with E-state index in [-0.39, 0.29) is 30.6 Å². The number of carbonyl (C=O) groups is 1. The number of ether oxygens (including phenoxy) is 4. The van der Waals surface area contributed by atoms with Crippen LogP contribution >= 0.6 is 0 Å². The van der Waals surface area contributed by atoms with Gasteiger partial charge in [0, 0.05) is 17.8 Å². The number of H-pyrrole nitrogens is 1. The molecule has 0 aliphatic carbocycles. The minimum Gasteiger partial charge on any atom is -0.493 e. The number of halogens is 3. The fourth-order valence-electron chi connectivity index (χ4n) is 3.48. The number of hydrogen-bond donors (Lipinski definition) is 1. The average Bonchev–Trinajstić information content (AvgIpc) is 3.29. The number of hydrogen-bond acceptors (Lipinski definition) is 7. The molecular weight excluding hydrogens is 457 g/mol. The molecule has 0 unspecified atom stereocenters. The minimum absolute atomic E-state index is 0.141. The van der Waals surface area contributed by atoms with Gasteiger partial charge >= 0.3 is 6.18 Å². The lowest BCUT2D eigenvalue weighted by Crippen LogP contribution is -2.56. The van der Waals surface area contributed by atoms with Gasteiger partial charge in [-0.15, -0.1) is 0 Å². The maximum atomic E-state index is 12.8. The predicted molar refractivity (Wildman–Crippen MR) is 113 cm³/mol. The van der Waals surface area contributed by atoms with Crippen LogP contribution in [0.2, 0.25) is 0 Å². The highest BCUT2D eigenvalue weighted by molar-refractivity contribution is 5.94. The third-order valence-corrected chi connectivity index (χ3v) is 5.25. The third kappa shape index (κ3) is 4.56. The molecule has 1 fully saturated rings. The van der Waals surface area contributed by atoms with Gasteiger partial charge in [-0.3, -0.25) is 9.89 Å². The molecule has 0 radical (unpaired) electrons. The molecule has 1 saturated heterocycles. The first-order valence-electron chi connectivity index (χ1n) is 10.1. The number of methoxy groups -OCH3 is 3. The molecule has 0 saturated carbocycles. The number of carbonyl (C=O) groups excluding carboxylic acids is 1. The lowest BCUT2D eigenvalue weighted by molar-refractivity contribution is -0.137. The lowest BCUT2D eigenvalue weighted by Gasteiger charge is -2.38. The van der Waals surface area contributed by atoms with E-state index in [2.05, 4.69) is 15.2 Å². The van der Waals surface area contributed by atoms with Crippen LogP contribution in [0.15, 0.2) is 36.5 Å². The molecule has 1 amide bonds. The minimum atomic E-state index is -4.49. The molecule has 0 spiro atoms. The Morgan fingerprint density at radius 1 is 1.06 bits per heavy atom. The summed E-state index contributed by atoms with van der Waals surface area (Å²) in [4.78, 5) is 18.1. The molecule has 34 heavy (non-hydrogen) atoms. The van der Waals surface area contributed by atoms with Crippen molar-refractivity contribution in [1.82, 2.24) is 20.1 Å². The van der Waals surface area contributed by atoms with Crippen LogP contribution in [-0.2, 0) is 6.18 Å². The summed E-state index contributed by atoms with van der Waals surface area (Å²) in [5.41, 5.74) is 0.537.